The van der Waals surface area contributed by atoms with Crippen LogP contribution in [-0.4, -0.2) is 23.3 Å². The number of nitrogens with one attached hydrogen (secondary N) is 1. The minimum atomic E-state index is -0.541. The second-order valence-corrected chi connectivity index (χ2v) is 3.37. The number of carbonyl (C=O) groups excluding carboxylic acids is 2. The molecule has 0 saturated heterocycles. The second kappa shape index (κ2) is 5.58. The molecule has 0 heterocycles. The average molecular weight is 234 g/mol. The van der Waals surface area contributed by atoms with Crippen LogP contribution >= 0.6 is 0 Å². The molecule has 6 nitrogen and oxygen atoms in total. The second-order valence-electron chi connectivity index (χ2n) is 3.37. The normalized spacial score (nSPS) is 9.24. The maximum Gasteiger partial charge on any atom is 0.269 e. The molecule has 0 unspecified atom stereocenters. The lowest BCUT2D eigenvalue weighted by molar-refractivity contribution is -0.384. The summed E-state index contributed by atoms with van der Waals surface area (Å²) in [4.78, 5) is 31.6. The van der Waals surface area contributed by atoms with E-state index in [0.29, 0.717) is 11.1 Å². The molecule has 88 valence electrons. The van der Waals surface area contributed by atoms with E-state index in [1.54, 1.807) is 12.9 Å². The zero-order chi connectivity index (χ0) is 12.8. The Morgan fingerprint density at radius 1 is 1.41 bits per heavy atom. The van der Waals surface area contributed by atoms with Crippen molar-refractivity contribution in [1.29, 1.82) is 0 Å². The van der Waals surface area contributed by atoms with Gasteiger partial charge in [-0.15, -0.1) is 0 Å². The van der Waals surface area contributed by atoms with Gasteiger partial charge in [-0.3, -0.25) is 14.9 Å². The number of nitro benzene ring substituents is 1. The van der Waals surface area contributed by atoms with Gasteiger partial charge in [-0.05, 0) is 19.1 Å². The molecule has 0 aromatic heterocycles. The van der Waals surface area contributed by atoms with Gasteiger partial charge in [0.1, 0.15) is 5.94 Å². The maximum atomic E-state index is 11.5. The lowest BCUT2D eigenvalue weighted by Crippen LogP contribution is -2.25. The number of nitrogens with zero attached hydrogens (tertiary/aromatic N) is 1. The molecular formula is C11H10N2O4. The first kappa shape index (κ1) is 12.6. The molecule has 0 bridgehead atoms. The number of hydrogen-bond acceptors (Lipinski definition) is 4. The first-order valence-corrected chi connectivity index (χ1v) is 4.78. The highest BCUT2D eigenvalue weighted by Gasteiger charge is 2.08. The molecule has 1 rings (SSSR count). The Kier molecular flexibility index (Phi) is 4.14. The third-order valence-corrected chi connectivity index (χ3v) is 2.03. The van der Waals surface area contributed by atoms with Crippen LogP contribution in [0, 0.1) is 10.1 Å². The average Bonchev–Trinajstić information content (AvgIpc) is 2.35. The molecule has 6 heteroatoms. The first-order chi connectivity index (χ1) is 8.04. The molecule has 1 amide bonds. The highest BCUT2D eigenvalue weighted by atomic mass is 16.6. The number of non-ortho nitro benzene ring substituents is 1. The molecule has 0 fully saturated rings. The smallest absolute Gasteiger partial charge is 0.269 e. The summed E-state index contributed by atoms with van der Waals surface area (Å²) in [5, 5.41) is 12.9. The molecule has 1 aromatic rings. The van der Waals surface area contributed by atoms with E-state index in [-0.39, 0.29) is 12.2 Å². The number of amides is 1. The molecule has 0 aliphatic carbocycles. The third-order valence-electron chi connectivity index (χ3n) is 2.03. The lowest BCUT2D eigenvalue weighted by atomic mass is 10.2. The maximum absolute atomic E-state index is 11.5. The Hall–Kier alpha value is -2.46. The Balaban J connectivity index is 2.70. The van der Waals surface area contributed by atoms with Crippen molar-refractivity contribution >= 4 is 17.5 Å². The van der Waals surface area contributed by atoms with Gasteiger partial charge in [-0.2, -0.15) is 0 Å². The molecule has 1 N–H and O–H groups in total. The number of rotatable bonds is 4. The molecule has 0 atom stereocenters. The Labute approximate surface area is 97.1 Å². The summed E-state index contributed by atoms with van der Waals surface area (Å²) >= 11 is 0. The standard InChI is InChI=1S/C11H10N2O4/c1-8(7-14)6-12-11(15)9-2-4-10(5-3-9)13(16)17/h2-5H,6H2,1H3,(H,12,15). The van der Waals surface area contributed by atoms with E-state index in [1.807, 2.05) is 0 Å². The fourth-order valence-electron chi connectivity index (χ4n) is 1.09. The first-order valence-electron chi connectivity index (χ1n) is 4.78. The summed E-state index contributed by atoms with van der Waals surface area (Å²) in [6.45, 7) is 1.66. The third kappa shape index (κ3) is 3.55. The van der Waals surface area contributed by atoms with E-state index >= 15 is 0 Å². The van der Waals surface area contributed by atoms with Gasteiger partial charge in [0.15, 0.2) is 0 Å². The van der Waals surface area contributed by atoms with E-state index in [4.69, 9.17) is 0 Å². The Morgan fingerprint density at radius 2 is 2.00 bits per heavy atom. The molecule has 1 aromatic carbocycles. The van der Waals surface area contributed by atoms with Crippen molar-refractivity contribution in [3.05, 3.63) is 45.5 Å². The largest absolute Gasteiger partial charge is 0.348 e. The Bertz CT molecular complexity index is 487. The number of benzene rings is 1. The molecule has 0 saturated carbocycles. The van der Waals surface area contributed by atoms with Crippen LogP contribution in [0.1, 0.15) is 17.3 Å². The van der Waals surface area contributed by atoms with Gasteiger partial charge >= 0.3 is 0 Å². The highest BCUT2D eigenvalue weighted by Crippen LogP contribution is 2.11. The monoisotopic (exact) mass is 234 g/mol. The lowest BCUT2D eigenvalue weighted by Gasteiger charge is -2.03. The highest BCUT2D eigenvalue weighted by molar-refractivity contribution is 5.94. The SMILES string of the molecule is CC(=C=O)CNC(=O)c1ccc([N+](=O)[O-])cc1. The molecule has 0 aliphatic rings. The summed E-state index contributed by atoms with van der Waals surface area (Å²) in [6, 6.07) is 5.20. The quantitative estimate of drug-likeness (QED) is 0.480. The number of carbonyl (C=O) groups is 1. The van der Waals surface area contributed by atoms with Crippen molar-refractivity contribution in [1.82, 2.24) is 5.32 Å². The van der Waals surface area contributed by atoms with Gasteiger partial charge in [0.25, 0.3) is 11.6 Å². The van der Waals surface area contributed by atoms with Crippen molar-refractivity contribution in [2.24, 2.45) is 0 Å². The van der Waals surface area contributed by atoms with Crippen molar-refractivity contribution in [2.45, 2.75) is 6.92 Å². The summed E-state index contributed by atoms with van der Waals surface area (Å²) in [6.07, 6.45) is 0. The number of hydrogen-bond donors (Lipinski definition) is 1. The summed E-state index contributed by atoms with van der Waals surface area (Å²) in [7, 11) is 0. The minimum absolute atomic E-state index is 0.0782. The van der Waals surface area contributed by atoms with Gasteiger partial charge in [0, 0.05) is 29.8 Å². The fourth-order valence-corrected chi connectivity index (χ4v) is 1.09. The fraction of sp³-hybridized carbons (Fsp3) is 0.182. The van der Waals surface area contributed by atoms with Crippen LogP contribution in [0.2, 0.25) is 0 Å². The Morgan fingerprint density at radius 3 is 2.47 bits per heavy atom. The predicted molar refractivity (Wildman–Crippen MR) is 60.3 cm³/mol. The zero-order valence-electron chi connectivity index (χ0n) is 9.10. The van der Waals surface area contributed by atoms with Crippen molar-refractivity contribution in [3.63, 3.8) is 0 Å². The molecule has 0 radical (unpaired) electrons. The van der Waals surface area contributed by atoms with Gasteiger partial charge in [0.2, 0.25) is 0 Å². The topological polar surface area (TPSA) is 89.3 Å². The molecule has 0 aliphatic heterocycles. The van der Waals surface area contributed by atoms with Crippen LogP contribution in [0.4, 0.5) is 5.69 Å². The van der Waals surface area contributed by atoms with Crippen molar-refractivity contribution < 1.29 is 14.5 Å². The van der Waals surface area contributed by atoms with Crippen LogP contribution in [-0.2, 0) is 4.79 Å². The van der Waals surface area contributed by atoms with Crippen LogP contribution in [0.5, 0.6) is 0 Å². The summed E-state index contributed by atoms with van der Waals surface area (Å²) in [5.41, 5.74) is 0.597. The predicted octanol–water partition coefficient (Wildman–Crippen LogP) is 1.10. The van der Waals surface area contributed by atoms with Gasteiger partial charge < -0.3 is 5.32 Å². The molecular weight excluding hydrogens is 224 g/mol. The van der Waals surface area contributed by atoms with E-state index in [0.717, 1.165) is 0 Å². The van der Waals surface area contributed by atoms with E-state index in [1.165, 1.54) is 24.3 Å². The summed E-state index contributed by atoms with van der Waals surface area (Å²) in [5.74, 6) is 1.26. The van der Waals surface area contributed by atoms with E-state index in [2.05, 4.69) is 5.32 Å². The van der Waals surface area contributed by atoms with Crippen LogP contribution in [0.3, 0.4) is 0 Å². The van der Waals surface area contributed by atoms with Crippen molar-refractivity contribution in [3.8, 4) is 0 Å². The zero-order valence-corrected chi connectivity index (χ0v) is 9.10. The van der Waals surface area contributed by atoms with Crippen LogP contribution < -0.4 is 5.32 Å². The van der Waals surface area contributed by atoms with E-state index < -0.39 is 10.8 Å². The van der Waals surface area contributed by atoms with Gasteiger partial charge in [-0.25, -0.2) is 4.79 Å². The van der Waals surface area contributed by atoms with Crippen LogP contribution in [0.15, 0.2) is 29.8 Å². The molecule has 17 heavy (non-hydrogen) atoms. The van der Waals surface area contributed by atoms with Crippen LogP contribution in [0.25, 0.3) is 0 Å². The van der Waals surface area contributed by atoms with Gasteiger partial charge in [0.05, 0.1) is 4.92 Å². The molecule has 0 spiro atoms. The van der Waals surface area contributed by atoms with Crippen molar-refractivity contribution in [2.75, 3.05) is 6.54 Å². The van der Waals surface area contributed by atoms with E-state index in [9.17, 15) is 19.7 Å². The van der Waals surface area contributed by atoms with Gasteiger partial charge in [-0.1, -0.05) is 0 Å². The summed E-state index contributed by atoms with van der Waals surface area (Å²) < 4.78 is 0. The minimum Gasteiger partial charge on any atom is -0.348 e. The number of nitro groups is 1.